The maximum absolute atomic E-state index is 13.0. The predicted molar refractivity (Wildman–Crippen MR) is 109 cm³/mol. The summed E-state index contributed by atoms with van der Waals surface area (Å²) < 4.78 is 5.72. The molecule has 27 heavy (non-hydrogen) atoms. The predicted octanol–water partition coefficient (Wildman–Crippen LogP) is 4.51. The minimum atomic E-state index is -1.34. The zero-order chi connectivity index (χ0) is 19.6. The summed E-state index contributed by atoms with van der Waals surface area (Å²) in [6.45, 7) is 1.62. The van der Waals surface area contributed by atoms with E-state index in [1.54, 1.807) is 31.2 Å². The number of nitrogens with one attached hydrogen (secondary N) is 1. The van der Waals surface area contributed by atoms with E-state index in [1.807, 2.05) is 18.2 Å². The molecule has 0 aromatic heterocycles. The van der Waals surface area contributed by atoms with Crippen molar-refractivity contribution < 1.29 is 14.3 Å². The molecule has 1 saturated heterocycles. The number of thiocarbonyl (C=S) groups is 1. The van der Waals surface area contributed by atoms with Crippen LogP contribution in [0.1, 0.15) is 24.5 Å². The summed E-state index contributed by atoms with van der Waals surface area (Å²) in [5.74, 6) is -0.385. The summed E-state index contributed by atoms with van der Waals surface area (Å²) in [7, 11) is 0. The molecular formula is C19H16Cl2N2O3S. The van der Waals surface area contributed by atoms with Gasteiger partial charge in [0.05, 0.1) is 5.69 Å². The summed E-state index contributed by atoms with van der Waals surface area (Å²) >= 11 is 17.4. The van der Waals surface area contributed by atoms with Crippen molar-refractivity contribution in [2.24, 2.45) is 0 Å². The first-order valence-corrected chi connectivity index (χ1v) is 9.33. The Balaban J connectivity index is 1.85. The van der Waals surface area contributed by atoms with E-state index in [2.05, 4.69) is 5.43 Å². The van der Waals surface area contributed by atoms with E-state index >= 15 is 0 Å². The fraction of sp³-hybridized carbons (Fsp3) is 0.211. The van der Waals surface area contributed by atoms with Crippen LogP contribution in [-0.2, 0) is 26.3 Å². The standard InChI is InChI=1S/C19H16Cl2N2O3S/c1-19(13-9-14(20)11-15(21)10-13)17(25)23(18(27)26-19)22-16-6-2-4-12(8-16)5-3-7-24/h2,4,6-11,22H,3,5H2,1H3. The lowest BCUT2D eigenvalue weighted by atomic mass is 9.95. The number of aldehydes is 1. The van der Waals surface area contributed by atoms with E-state index in [0.29, 0.717) is 34.1 Å². The van der Waals surface area contributed by atoms with E-state index in [1.165, 1.54) is 5.01 Å². The van der Waals surface area contributed by atoms with Gasteiger partial charge >= 0.3 is 0 Å². The van der Waals surface area contributed by atoms with Gasteiger partial charge in [-0.05, 0) is 61.5 Å². The molecule has 3 rings (SSSR count). The van der Waals surface area contributed by atoms with Gasteiger partial charge in [0.25, 0.3) is 11.1 Å². The molecule has 1 N–H and O–H groups in total. The van der Waals surface area contributed by atoms with E-state index in [0.717, 1.165) is 11.8 Å². The van der Waals surface area contributed by atoms with Gasteiger partial charge in [0.15, 0.2) is 0 Å². The summed E-state index contributed by atoms with van der Waals surface area (Å²) in [5, 5.41) is 1.98. The van der Waals surface area contributed by atoms with Crippen LogP contribution in [0.4, 0.5) is 5.69 Å². The number of hydrogen-bond acceptors (Lipinski definition) is 5. The SMILES string of the molecule is CC1(c2cc(Cl)cc(Cl)c2)OC(=S)N(Nc2cccc(CCC=O)c2)C1=O. The van der Waals surface area contributed by atoms with Crippen molar-refractivity contribution in [1.82, 2.24) is 5.01 Å². The van der Waals surface area contributed by atoms with Crippen LogP contribution in [0.5, 0.6) is 0 Å². The van der Waals surface area contributed by atoms with Gasteiger partial charge in [0.2, 0.25) is 5.60 Å². The molecule has 1 amide bonds. The molecule has 1 atom stereocenters. The number of anilines is 1. The number of hydrazine groups is 1. The monoisotopic (exact) mass is 422 g/mol. The normalized spacial score (nSPS) is 19.1. The molecule has 1 aliphatic rings. The minimum Gasteiger partial charge on any atom is -0.448 e. The molecule has 0 spiro atoms. The molecule has 0 saturated carbocycles. The molecule has 0 aliphatic carbocycles. The van der Waals surface area contributed by atoms with Gasteiger partial charge in [-0.1, -0.05) is 35.3 Å². The number of carbonyl (C=O) groups excluding carboxylic acids is 2. The number of benzene rings is 2. The second-order valence-corrected chi connectivity index (χ2v) is 7.44. The van der Waals surface area contributed by atoms with Crippen LogP contribution in [0.25, 0.3) is 0 Å². The highest BCUT2D eigenvalue weighted by atomic mass is 35.5. The summed E-state index contributed by atoms with van der Waals surface area (Å²) in [6.07, 6.45) is 1.92. The van der Waals surface area contributed by atoms with Crippen LogP contribution in [0.3, 0.4) is 0 Å². The Bertz CT molecular complexity index is 901. The van der Waals surface area contributed by atoms with Crippen LogP contribution in [0, 0.1) is 0 Å². The molecule has 0 radical (unpaired) electrons. The van der Waals surface area contributed by atoms with Gasteiger partial charge in [-0.25, -0.2) is 0 Å². The van der Waals surface area contributed by atoms with E-state index < -0.39 is 5.60 Å². The van der Waals surface area contributed by atoms with Crippen LogP contribution < -0.4 is 5.43 Å². The van der Waals surface area contributed by atoms with Crippen LogP contribution >= 0.6 is 35.4 Å². The number of hydrogen-bond donors (Lipinski definition) is 1. The highest BCUT2D eigenvalue weighted by Crippen LogP contribution is 2.37. The molecule has 5 nitrogen and oxygen atoms in total. The van der Waals surface area contributed by atoms with Crippen LogP contribution in [0.2, 0.25) is 10.0 Å². The van der Waals surface area contributed by atoms with Gasteiger partial charge in [-0.2, -0.15) is 5.01 Å². The van der Waals surface area contributed by atoms with Crippen LogP contribution in [-0.4, -0.2) is 22.4 Å². The van der Waals surface area contributed by atoms with Crippen molar-refractivity contribution in [2.45, 2.75) is 25.4 Å². The largest absolute Gasteiger partial charge is 0.448 e. The zero-order valence-corrected chi connectivity index (χ0v) is 16.7. The zero-order valence-electron chi connectivity index (χ0n) is 14.4. The second-order valence-electron chi connectivity index (χ2n) is 6.22. The number of carbonyl (C=O) groups is 2. The smallest absolute Gasteiger partial charge is 0.297 e. The van der Waals surface area contributed by atoms with E-state index in [9.17, 15) is 9.59 Å². The van der Waals surface area contributed by atoms with E-state index in [4.69, 9.17) is 40.2 Å². The third-order valence-corrected chi connectivity index (χ3v) is 4.92. The van der Waals surface area contributed by atoms with Gasteiger partial charge in [-0.3, -0.25) is 10.2 Å². The average molecular weight is 423 g/mol. The summed E-state index contributed by atoms with van der Waals surface area (Å²) in [6, 6.07) is 12.2. The lowest BCUT2D eigenvalue weighted by Crippen LogP contribution is -2.40. The molecule has 1 heterocycles. The van der Waals surface area contributed by atoms with Crippen molar-refractivity contribution in [2.75, 3.05) is 5.43 Å². The Hall–Kier alpha value is -2.15. The van der Waals surface area contributed by atoms with Gasteiger partial charge in [0, 0.05) is 22.0 Å². The van der Waals surface area contributed by atoms with Crippen LogP contribution in [0.15, 0.2) is 42.5 Å². The summed E-state index contributed by atoms with van der Waals surface area (Å²) in [5.41, 5.74) is 3.77. The van der Waals surface area contributed by atoms with Crippen molar-refractivity contribution in [3.8, 4) is 0 Å². The van der Waals surface area contributed by atoms with Gasteiger partial charge in [0.1, 0.15) is 6.29 Å². The first-order valence-electron chi connectivity index (χ1n) is 8.17. The molecule has 2 aromatic carbocycles. The maximum atomic E-state index is 13.0. The quantitative estimate of drug-likeness (QED) is 0.547. The molecule has 1 unspecified atom stereocenters. The van der Waals surface area contributed by atoms with Crippen molar-refractivity contribution in [3.63, 3.8) is 0 Å². The Labute approximate surface area is 172 Å². The lowest BCUT2D eigenvalue weighted by Gasteiger charge is -2.21. The number of rotatable bonds is 6. The molecule has 0 bridgehead atoms. The van der Waals surface area contributed by atoms with E-state index in [-0.39, 0.29) is 11.1 Å². The molecule has 1 aliphatic heterocycles. The number of ether oxygens (including phenoxy) is 1. The maximum Gasteiger partial charge on any atom is 0.297 e. The molecule has 1 fully saturated rings. The van der Waals surface area contributed by atoms with Gasteiger partial charge < -0.3 is 9.53 Å². The van der Waals surface area contributed by atoms with Gasteiger partial charge in [-0.15, -0.1) is 0 Å². The first-order chi connectivity index (χ1) is 12.8. The fourth-order valence-electron chi connectivity index (χ4n) is 2.82. The highest BCUT2D eigenvalue weighted by molar-refractivity contribution is 7.80. The van der Waals surface area contributed by atoms with Crippen molar-refractivity contribution in [1.29, 1.82) is 0 Å². The topological polar surface area (TPSA) is 58.6 Å². The third kappa shape index (κ3) is 4.08. The molecule has 2 aromatic rings. The number of nitrogens with zero attached hydrogens (tertiary/aromatic N) is 1. The molecular weight excluding hydrogens is 407 g/mol. The fourth-order valence-corrected chi connectivity index (χ4v) is 3.64. The van der Waals surface area contributed by atoms with Crippen molar-refractivity contribution >= 4 is 58.5 Å². The average Bonchev–Trinajstić information content (AvgIpc) is 2.84. The molecule has 140 valence electrons. The Morgan fingerprint density at radius 3 is 2.59 bits per heavy atom. The van der Waals surface area contributed by atoms with Crippen molar-refractivity contribution in [3.05, 3.63) is 63.6 Å². The minimum absolute atomic E-state index is 0.00288. The second kappa shape index (κ2) is 7.84. The number of aryl methyl sites for hydroxylation is 1. The lowest BCUT2D eigenvalue weighted by molar-refractivity contribution is -0.135. The highest BCUT2D eigenvalue weighted by Gasteiger charge is 2.50. The molecule has 8 heteroatoms. The third-order valence-electron chi connectivity index (χ3n) is 4.22. The Morgan fingerprint density at radius 2 is 1.93 bits per heavy atom. The first kappa shape index (κ1) is 19.6. The number of amides is 1. The Kier molecular flexibility index (Phi) is 5.69. The Morgan fingerprint density at radius 1 is 1.22 bits per heavy atom. The number of halogens is 2. The summed E-state index contributed by atoms with van der Waals surface area (Å²) in [4.78, 5) is 23.6.